The maximum absolute atomic E-state index is 13.1. The van der Waals surface area contributed by atoms with E-state index in [1.54, 1.807) is 18.3 Å². The van der Waals surface area contributed by atoms with Gasteiger partial charge in [0, 0.05) is 15.5 Å². The molecule has 3 aromatic carbocycles. The van der Waals surface area contributed by atoms with Gasteiger partial charge in [0.25, 0.3) is 0 Å². The molecule has 1 N–H and O–H groups in total. The van der Waals surface area contributed by atoms with Crippen molar-refractivity contribution in [1.29, 1.82) is 0 Å². The van der Waals surface area contributed by atoms with E-state index in [0.717, 1.165) is 26.8 Å². The molecule has 0 saturated carbocycles. The van der Waals surface area contributed by atoms with Crippen molar-refractivity contribution in [2.24, 2.45) is 0 Å². The molecule has 1 aromatic heterocycles. The van der Waals surface area contributed by atoms with Crippen LogP contribution in [0.3, 0.4) is 0 Å². The minimum absolute atomic E-state index is 0.283. The van der Waals surface area contributed by atoms with Crippen LogP contribution in [0.25, 0.3) is 10.9 Å². The molecular formula is C19H13BrFN3OS. The molecule has 0 aliphatic rings. The molecule has 0 amide bonds. The Bertz CT molecular complexity index is 1100. The third-order valence-electron chi connectivity index (χ3n) is 3.85. The van der Waals surface area contributed by atoms with Crippen LogP contribution in [0.4, 0.5) is 15.8 Å². The van der Waals surface area contributed by atoms with E-state index in [4.69, 9.17) is 0 Å². The Morgan fingerprint density at radius 3 is 2.50 bits per heavy atom. The lowest BCUT2D eigenvalue weighted by atomic mass is 10.2. The Labute approximate surface area is 160 Å². The van der Waals surface area contributed by atoms with Crippen LogP contribution in [0.2, 0.25) is 0 Å². The monoisotopic (exact) mass is 429 g/mol. The van der Waals surface area contributed by atoms with Crippen LogP contribution in [0.5, 0.6) is 0 Å². The molecule has 0 aliphatic carbocycles. The van der Waals surface area contributed by atoms with Gasteiger partial charge in [-0.3, -0.25) is 0 Å². The second-order valence-electron chi connectivity index (χ2n) is 5.60. The minimum atomic E-state index is -1.42. The maximum atomic E-state index is 13.1. The Morgan fingerprint density at radius 2 is 1.77 bits per heavy atom. The Balaban J connectivity index is 1.71. The summed E-state index contributed by atoms with van der Waals surface area (Å²) in [5.74, 6) is -0.283. The number of aromatic nitrogens is 2. The Kier molecular flexibility index (Phi) is 4.57. The second-order valence-corrected chi connectivity index (χ2v) is 7.77. The molecule has 0 spiro atoms. The highest BCUT2D eigenvalue weighted by atomic mass is 79.9. The highest BCUT2D eigenvalue weighted by Gasteiger charge is 2.13. The van der Waals surface area contributed by atoms with Crippen molar-refractivity contribution in [2.75, 3.05) is 5.32 Å². The van der Waals surface area contributed by atoms with Gasteiger partial charge in [-0.2, -0.15) is 9.19 Å². The molecule has 0 saturated heterocycles. The lowest BCUT2D eigenvalue weighted by molar-refractivity contribution is 0.628. The van der Waals surface area contributed by atoms with Gasteiger partial charge in [-0.05, 0) is 64.5 Å². The first-order valence-electron chi connectivity index (χ1n) is 7.79. The number of fused-ring (bicyclic) bond motifs is 1. The van der Waals surface area contributed by atoms with E-state index in [9.17, 15) is 8.60 Å². The van der Waals surface area contributed by atoms with Gasteiger partial charge >= 0.3 is 0 Å². The summed E-state index contributed by atoms with van der Waals surface area (Å²) in [6.07, 6.45) is 1.68. The van der Waals surface area contributed by atoms with E-state index >= 15 is 0 Å². The van der Waals surface area contributed by atoms with Crippen molar-refractivity contribution in [3.63, 3.8) is 0 Å². The third kappa shape index (κ3) is 3.27. The molecule has 0 radical (unpaired) electrons. The first-order chi connectivity index (χ1) is 12.6. The summed E-state index contributed by atoms with van der Waals surface area (Å²) in [6.45, 7) is 0. The molecule has 1 heterocycles. The maximum Gasteiger partial charge on any atom is 0.173 e. The lowest BCUT2D eigenvalue weighted by Gasteiger charge is -2.10. The van der Waals surface area contributed by atoms with Crippen LogP contribution in [-0.4, -0.2) is 13.4 Å². The van der Waals surface area contributed by atoms with Gasteiger partial charge < -0.3 is 5.32 Å². The van der Waals surface area contributed by atoms with Crippen molar-refractivity contribution in [1.82, 2.24) is 9.19 Å². The summed E-state index contributed by atoms with van der Waals surface area (Å²) in [5, 5.41) is 8.38. The van der Waals surface area contributed by atoms with Crippen LogP contribution in [-0.2, 0) is 11.0 Å². The smallest absolute Gasteiger partial charge is 0.173 e. The van der Waals surface area contributed by atoms with Gasteiger partial charge in [-0.15, -0.1) is 0 Å². The van der Waals surface area contributed by atoms with E-state index in [2.05, 4.69) is 26.3 Å². The zero-order valence-corrected chi connectivity index (χ0v) is 15.8. The van der Waals surface area contributed by atoms with Crippen molar-refractivity contribution in [2.45, 2.75) is 4.90 Å². The number of halogens is 2. The second kappa shape index (κ2) is 7.01. The molecule has 1 atom stereocenters. The molecule has 7 heteroatoms. The summed E-state index contributed by atoms with van der Waals surface area (Å²) >= 11 is 3.54. The number of nitrogens with one attached hydrogen (secondary N) is 1. The standard InChI is InChI=1S/C19H13BrFN3OS/c20-17-11-19-13(10-18(17)23-15-8-6-14(21)7-9-15)12-22-24(19)26(25)16-4-2-1-3-5-16/h1-12,23H. The van der Waals surface area contributed by atoms with E-state index < -0.39 is 11.0 Å². The van der Waals surface area contributed by atoms with Crippen LogP contribution >= 0.6 is 15.9 Å². The summed E-state index contributed by atoms with van der Waals surface area (Å²) < 4.78 is 28.1. The topological polar surface area (TPSA) is 46.9 Å². The van der Waals surface area contributed by atoms with E-state index in [-0.39, 0.29) is 5.82 Å². The quantitative estimate of drug-likeness (QED) is 0.481. The van der Waals surface area contributed by atoms with E-state index in [0.29, 0.717) is 4.90 Å². The largest absolute Gasteiger partial charge is 0.355 e. The highest BCUT2D eigenvalue weighted by Crippen LogP contribution is 2.31. The molecule has 0 aliphatic heterocycles. The molecule has 0 bridgehead atoms. The molecule has 4 nitrogen and oxygen atoms in total. The Morgan fingerprint density at radius 1 is 1.04 bits per heavy atom. The number of nitrogens with zero attached hydrogens (tertiary/aromatic N) is 2. The molecular weight excluding hydrogens is 417 g/mol. The highest BCUT2D eigenvalue weighted by molar-refractivity contribution is 9.10. The summed E-state index contributed by atoms with van der Waals surface area (Å²) in [4.78, 5) is 0.683. The molecule has 26 heavy (non-hydrogen) atoms. The fourth-order valence-electron chi connectivity index (χ4n) is 2.58. The van der Waals surface area contributed by atoms with Crippen LogP contribution < -0.4 is 5.32 Å². The van der Waals surface area contributed by atoms with Gasteiger partial charge in [-0.25, -0.2) is 8.60 Å². The van der Waals surface area contributed by atoms with Gasteiger partial charge in [0.1, 0.15) is 5.82 Å². The van der Waals surface area contributed by atoms with Crippen molar-refractivity contribution < 1.29 is 8.60 Å². The molecule has 130 valence electrons. The van der Waals surface area contributed by atoms with Gasteiger partial charge in [0.2, 0.25) is 0 Å². The molecule has 4 aromatic rings. The number of anilines is 2. The van der Waals surface area contributed by atoms with E-state index in [1.807, 2.05) is 42.5 Å². The number of hydrogen-bond acceptors (Lipinski definition) is 3. The van der Waals surface area contributed by atoms with Gasteiger partial charge in [0.05, 0.1) is 22.3 Å². The first-order valence-corrected chi connectivity index (χ1v) is 9.69. The molecule has 1 unspecified atom stereocenters. The zero-order chi connectivity index (χ0) is 18.1. The van der Waals surface area contributed by atoms with Crippen LogP contribution in [0.1, 0.15) is 0 Å². The number of rotatable bonds is 4. The van der Waals surface area contributed by atoms with Crippen molar-refractivity contribution in [3.8, 4) is 0 Å². The third-order valence-corrected chi connectivity index (χ3v) is 5.79. The molecule has 0 fully saturated rings. The summed E-state index contributed by atoms with van der Waals surface area (Å²) in [5.41, 5.74) is 2.34. The average molecular weight is 430 g/mol. The summed E-state index contributed by atoms with van der Waals surface area (Å²) in [6, 6.07) is 19.1. The van der Waals surface area contributed by atoms with Crippen LogP contribution in [0.15, 0.2) is 82.3 Å². The van der Waals surface area contributed by atoms with Crippen LogP contribution in [0, 0.1) is 5.82 Å². The first kappa shape index (κ1) is 16.9. The number of benzene rings is 3. The zero-order valence-electron chi connectivity index (χ0n) is 13.4. The van der Waals surface area contributed by atoms with Gasteiger partial charge in [-0.1, -0.05) is 18.2 Å². The van der Waals surface area contributed by atoms with E-state index in [1.165, 1.54) is 16.2 Å². The van der Waals surface area contributed by atoms with Crippen molar-refractivity contribution >= 4 is 49.2 Å². The van der Waals surface area contributed by atoms with Gasteiger partial charge in [0.15, 0.2) is 11.0 Å². The normalized spacial score (nSPS) is 12.2. The fourth-order valence-corrected chi connectivity index (χ4v) is 4.07. The molecule has 4 rings (SSSR count). The predicted octanol–water partition coefficient (Wildman–Crippen LogP) is 5.25. The Hall–Kier alpha value is -2.51. The lowest BCUT2D eigenvalue weighted by Crippen LogP contribution is -2.06. The SMILES string of the molecule is O=S(c1ccccc1)n1ncc2cc(Nc3ccc(F)cc3)c(Br)cc21. The predicted molar refractivity (Wildman–Crippen MR) is 105 cm³/mol. The average Bonchev–Trinajstić information content (AvgIpc) is 3.06. The minimum Gasteiger partial charge on any atom is -0.355 e. The fraction of sp³-hybridized carbons (Fsp3) is 0. The number of hydrogen-bond donors (Lipinski definition) is 1. The van der Waals surface area contributed by atoms with Crippen molar-refractivity contribution in [3.05, 3.63) is 83.2 Å². The summed E-state index contributed by atoms with van der Waals surface area (Å²) in [7, 11) is -1.42.